The van der Waals surface area contributed by atoms with Gasteiger partial charge in [0.2, 0.25) is 0 Å². The number of likely N-dealkylation sites (N-methyl/N-ethyl adjacent to an activating group) is 1. The number of ether oxygens (including phenoxy) is 4. The molecule has 1 aliphatic carbocycles. The van der Waals surface area contributed by atoms with E-state index in [0.717, 1.165) is 11.1 Å². The maximum atomic E-state index is 11.0. The van der Waals surface area contributed by atoms with Crippen LogP contribution in [0.5, 0.6) is 0 Å². The molecule has 10 atom stereocenters. The van der Waals surface area contributed by atoms with Crippen LogP contribution in [0.3, 0.4) is 0 Å². The number of hydrogen-bond donors (Lipinski definition) is 3. The standard InChI is InChI=1S/C27H34N10O6/c1-31-19-12-18(33-36-29)22(38)23(39)24(19)43-27-21(34-37-30)26(41-15-17-10-6-3-7-11-17)25(20(42-27)13-32-35-28)40-14-16-8-4-2-5-9-16/h2-11,18-27,31,38-39H,12-15H2,1H3/t18-,19?,20?,21?,22?,23-,24+,25+,26-,27+/m1/s1. The maximum Gasteiger partial charge on any atom is 0.169 e. The molecule has 16 nitrogen and oxygen atoms in total. The first-order chi connectivity index (χ1) is 21.0. The first-order valence-electron chi connectivity index (χ1n) is 13.7. The third kappa shape index (κ3) is 8.14. The highest BCUT2D eigenvalue weighted by Gasteiger charge is 2.51. The van der Waals surface area contributed by atoms with E-state index >= 15 is 0 Å². The van der Waals surface area contributed by atoms with Crippen molar-refractivity contribution in [2.45, 2.75) is 80.7 Å². The number of hydrogen-bond acceptors (Lipinski definition) is 10. The van der Waals surface area contributed by atoms with Crippen LogP contribution in [0.25, 0.3) is 31.3 Å². The van der Waals surface area contributed by atoms with E-state index < -0.39 is 61.0 Å². The van der Waals surface area contributed by atoms with Crippen LogP contribution in [0.2, 0.25) is 0 Å². The van der Waals surface area contributed by atoms with E-state index in [1.165, 1.54) is 0 Å². The fourth-order valence-corrected chi connectivity index (χ4v) is 5.36. The van der Waals surface area contributed by atoms with Gasteiger partial charge < -0.3 is 34.5 Å². The first-order valence-corrected chi connectivity index (χ1v) is 13.7. The third-order valence-electron chi connectivity index (χ3n) is 7.53. The molecule has 0 bridgehead atoms. The van der Waals surface area contributed by atoms with Gasteiger partial charge in [-0.3, -0.25) is 0 Å². The Morgan fingerprint density at radius 2 is 1.44 bits per heavy atom. The summed E-state index contributed by atoms with van der Waals surface area (Å²) >= 11 is 0. The summed E-state index contributed by atoms with van der Waals surface area (Å²) in [4.78, 5) is 8.66. The quantitative estimate of drug-likeness (QED) is 0.176. The van der Waals surface area contributed by atoms with Crippen LogP contribution in [0.1, 0.15) is 17.5 Å². The lowest BCUT2D eigenvalue weighted by atomic mass is 9.84. The van der Waals surface area contributed by atoms with Crippen molar-refractivity contribution in [1.29, 1.82) is 0 Å². The van der Waals surface area contributed by atoms with Gasteiger partial charge in [0, 0.05) is 20.8 Å². The zero-order chi connectivity index (χ0) is 30.6. The smallest absolute Gasteiger partial charge is 0.169 e. The zero-order valence-corrected chi connectivity index (χ0v) is 23.4. The maximum absolute atomic E-state index is 11.0. The molecule has 2 aromatic rings. The molecule has 0 radical (unpaired) electrons. The second-order valence-electron chi connectivity index (χ2n) is 10.2. The lowest BCUT2D eigenvalue weighted by Crippen LogP contribution is -2.65. The fraction of sp³-hybridized carbons (Fsp3) is 0.556. The van der Waals surface area contributed by atoms with Crippen LogP contribution in [0, 0.1) is 0 Å². The fourth-order valence-electron chi connectivity index (χ4n) is 5.36. The van der Waals surface area contributed by atoms with Gasteiger partial charge in [-0.15, -0.1) is 0 Å². The van der Waals surface area contributed by atoms with Crippen molar-refractivity contribution < 1.29 is 29.2 Å². The molecule has 0 aromatic heterocycles. The summed E-state index contributed by atoms with van der Waals surface area (Å²) in [6, 6.07) is 16.2. The molecular weight excluding hydrogens is 560 g/mol. The van der Waals surface area contributed by atoms with E-state index in [9.17, 15) is 15.7 Å². The number of nitrogens with one attached hydrogen (secondary N) is 1. The van der Waals surface area contributed by atoms with Crippen molar-refractivity contribution >= 4 is 0 Å². The Balaban J connectivity index is 1.67. The summed E-state index contributed by atoms with van der Waals surface area (Å²) in [5.41, 5.74) is 29.3. The summed E-state index contributed by atoms with van der Waals surface area (Å²) in [5.74, 6) is 0. The largest absolute Gasteiger partial charge is 0.390 e. The van der Waals surface area contributed by atoms with E-state index in [1.807, 2.05) is 60.7 Å². The minimum atomic E-state index is -1.48. The second kappa shape index (κ2) is 16.1. The SMILES string of the molecule is CNC1C[C@@H](N=[N+]=[N-])C(O)[C@@H](O)[C@H]1O[C@@H]1OC(CN=[N+]=[N-])[C@H](OCc2ccccc2)[C@H](OCc2ccccc2)C1N=[N+]=[N-]. The topological polar surface area (TPSA) is 236 Å². The van der Waals surface area contributed by atoms with Gasteiger partial charge in [-0.1, -0.05) is 76.0 Å². The molecule has 1 saturated heterocycles. The first kappa shape index (κ1) is 32.0. The van der Waals surface area contributed by atoms with Gasteiger partial charge in [0.1, 0.15) is 30.5 Å². The molecule has 228 valence electrons. The summed E-state index contributed by atoms with van der Waals surface area (Å²) in [6.45, 7) is 0.138. The molecule has 0 spiro atoms. The zero-order valence-electron chi connectivity index (χ0n) is 23.4. The lowest BCUT2D eigenvalue weighted by molar-refractivity contribution is -0.301. The molecule has 16 heteroatoms. The molecule has 3 N–H and O–H groups in total. The van der Waals surface area contributed by atoms with Crippen molar-refractivity contribution in [2.24, 2.45) is 15.3 Å². The van der Waals surface area contributed by atoms with E-state index in [2.05, 4.69) is 35.4 Å². The molecular formula is C27H34N10O6. The van der Waals surface area contributed by atoms with Gasteiger partial charge in [-0.2, -0.15) is 0 Å². The number of aliphatic hydroxyl groups is 2. The highest BCUT2D eigenvalue weighted by molar-refractivity contribution is 5.15. The van der Waals surface area contributed by atoms with E-state index in [4.69, 9.17) is 30.0 Å². The Morgan fingerprint density at radius 3 is 2.00 bits per heavy atom. The Morgan fingerprint density at radius 1 is 0.837 bits per heavy atom. The van der Waals surface area contributed by atoms with Crippen LogP contribution in [-0.2, 0) is 32.2 Å². The molecule has 43 heavy (non-hydrogen) atoms. The minimum Gasteiger partial charge on any atom is -0.390 e. The average Bonchev–Trinajstić information content (AvgIpc) is 3.04. The summed E-state index contributed by atoms with van der Waals surface area (Å²) in [6.07, 6.45) is -7.81. The van der Waals surface area contributed by atoms with E-state index in [0.29, 0.717) is 0 Å². The molecule has 4 unspecified atom stereocenters. The molecule has 1 saturated carbocycles. The molecule has 2 aromatic carbocycles. The molecule has 1 heterocycles. The van der Waals surface area contributed by atoms with Gasteiger partial charge in [-0.25, -0.2) is 0 Å². The lowest BCUT2D eigenvalue weighted by Gasteiger charge is -2.48. The summed E-state index contributed by atoms with van der Waals surface area (Å²) in [5, 5.41) is 35.9. The van der Waals surface area contributed by atoms with E-state index in [-0.39, 0.29) is 26.2 Å². The number of aliphatic hydroxyl groups excluding tert-OH is 2. The normalized spacial score (nSPS) is 32.1. The van der Waals surface area contributed by atoms with Gasteiger partial charge in [-0.05, 0) is 41.2 Å². The van der Waals surface area contributed by atoms with Crippen molar-refractivity contribution in [3.05, 3.63) is 103 Å². The minimum absolute atomic E-state index is 0.132. The Kier molecular flexibility index (Phi) is 12.0. The van der Waals surface area contributed by atoms with Crippen molar-refractivity contribution in [3.63, 3.8) is 0 Å². The Hall–Kier alpha value is -3.91. The van der Waals surface area contributed by atoms with Gasteiger partial charge in [0.15, 0.2) is 6.29 Å². The molecule has 0 amide bonds. The number of nitrogens with zero attached hydrogens (tertiary/aromatic N) is 9. The van der Waals surface area contributed by atoms with Crippen molar-refractivity contribution in [3.8, 4) is 0 Å². The number of azide groups is 3. The summed E-state index contributed by atoms with van der Waals surface area (Å²) < 4.78 is 25.1. The predicted molar refractivity (Wildman–Crippen MR) is 153 cm³/mol. The molecule has 1 aliphatic heterocycles. The molecule has 4 rings (SSSR count). The highest BCUT2D eigenvalue weighted by atomic mass is 16.7. The second-order valence-corrected chi connectivity index (χ2v) is 10.2. The highest BCUT2D eigenvalue weighted by Crippen LogP contribution is 2.34. The van der Waals surface area contributed by atoms with Crippen LogP contribution >= 0.6 is 0 Å². The third-order valence-corrected chi connectivity index (χ3v) is 7.53. The Labute approximate surface area is 247 Å². The Bertz CT molecular complexity index is 1300. The summed E-state index contributed by atoms with van der Waals surface area (Å²) in [7, 11) is 1.63. The van der Waals surface area contributed by atoms with E-state index in [1.54, 1.807) is 7.05 Å². The predicted octanol–water partition coefficient (Wildman–Crippen LogP) is 3.65. The van der Waals surface area contributed by atoms with Crippen molar-refractivity contribution in [2.75, 3.05) is 13.6 Å². The van der Waals surface area contributed by atoms with Crippen LogP contribution in [-0.4, -0.2) is 84.8 Å². The molecule has 2 aliphatic rings. The monoisotopic (exact) mass is 594 g/mol. The van der Waals surface area contributed by atoms with Gasteiger partial charge in [0.25, 0.3) is 0 Å². The van der Waals surface area contributed by atoms with Gasteiger partial charge in [0.05, 0.1) is 38.0 Å². The van der Waals surface area contributed by atoms with Gasteiger partial charge >= 0.3 is 0 Å². The van der Waals surface area contributed by atoms with Crippen LogP contribution in [0.4, 0.5) is 0 Å². The van der Waals surface area contributed by atoms with Crippen LogP contribution < -0.4 is 5.32 Å². The average molecular weight is 595 g/mol. The van der Waals surface area contributed by atoms with Crippen molar-refractivity contribution in [1.82, 2.24) is 5.32 Å². The number of rotatable bonds is 13. The number of benzene rings is 2. The molecule has 2 fully saturated rings. The van der Waals surface area contributed by atoms with Crippen LogP contribution in [0.15, 0.2) is 76.0 Å².